The first-order chi connectivity index (χ1) is 15.5. The van der Waals surface area contributed by atoms with Gasteiger partial charge in [-0.05, 0) is 56.0 Å². The largest absolute Gasteiger partial charge is 0.497 e. The van der Waals surface area contributed by atoms with Crippen molar-refractivity contribution in [2.24, 2.45) is 5.41 Å². The third-order valence-corrected chi connectivity index (χ3v) is 5.90. The standard InChI is InChI=1S/C25H31NO6/c1-4-31-24(28)25(17-19-9-11-20(29-2)12-10-19)13-15-26(16-14-25)23(27)18-32-22-8-6-5-7-21(22)30-3/h5-12H,4,13-18H2,1-3H3. The van der Waals surface area contributed by atoms with Crippen LogP contribution in [0.15, 0.2) is 48.5 Å². The maximum atomic E-state index is 12.9. The fraction of sp³-hybridized carbons (Fsp3) is 0.440. The molecule has 1 fully saturated rings. The summed E-state index contributed by atoms with van der Waals surface area (Å²) in [4.78, 5) is 27.4. The first kappa shape index (κ1) is 23.4. The molecule has 32 heavy (non-hydrogen) atoms. The lowest BCUT2D eigenvalue weighted by molar-refractivity contribution is -0.160. The number of methoxy groups -OCH3 is 2. The van der Waals surface area contributed by atoms with Crippen molar-refractivity contribution in [1.29, 1.82) is 0 Å². The van der Waals surface area contributed by atoms with Gasteiger partial charge < -0.3 is 23.8 Å². The second kappa shape index (κ2) is 10.9. The Morgan fingerprint density at radius 2 is 1.59 bits per heavy atom. The van der Waals surface area contributed by atoms with Gasteiger partial charge in [0, 0.05) is 13.1 Å². The smallest absolute Gasteiger partial charge is 0.312 e. The molecule has 1 amide bonds. The molecule has 2 aromatic carbocycles. The van der Waals surface area contributed by atoms with Gasteiger partial charge in [0.2, 0.25) is 0 Å². The van der Waals surface area contributed by atoms with Gasteiger partial charge in [-0.25, -0.2) is 0 Å². The number of likely N-dealkylation sites (tertiary alicyclic amines) is 1. The second-order valence-electron chi connectivity index (χ2n) is 7.85. The molecule has 2 aromatic rings. The number of esters is 1. The van der Waals surface area contributed by atoms with Gasteiger partial charge in [0.15, 0.2) is 18.1 Å². The molecule has 7 heteroatoms. The molecule has 1 aliphatic rings. The van der Waals surface area contributed by atoms with Crippen molar-refractivity contribution in [3.8, 4) is 17.2 Å². The summed E-state index contributed by atoms with van der Waals surface area (Å²) in [5, 5.41) is 0. The number of benzene rings is 2. The minimum atomic E-state index is -0.648. The molecule has 0 atom stereocenters. The van der Waals surface area contributed by atoms with E-state index in [0.29, 0.717) is 50.5 Å². The highest BCUT2D eigenvalue weighted by Crippen LogP contribution is 2.37. The quantitative estimate of drug-likeness (QED) is 0.555. The summed E-state index contributed by atoms with van der Waals surface area (Å²) in [7, 11) is 3.19. The molecule has 3 rings (SSSR count). The third kappa shape index (κ3) is 5.52. The van der Waals surface area contributed by atoms with Crippen molar-refractivity contribution >= 4 is 11.9 Å². The molecular formula is C25H31NO6. The van der Waals surface area contributed by atoms with Crippen molar-refractivity contribution in [3.63, 3.8) is 0 Å². The van der Waals surface area contributed by atoms with Crippen LogP contribution in [0.4, 0.5) is 0 Å². The third-order valence-electron chi connectivity index (χ3n) is 5.90. The molecule has 0 unspecified atom stereocenters. The number of carbonyl (C=O) groups excluding carboxylic acids is 2. The van der Waals surface area contributed by atoms with Gasteiger partial charge in [-0.2, -0.15) is 0 Å². The number of para-hydroxylation sites is 2. The van der Waals surface area contributed by atoms with E-state index < -0.39 is 5.41 Å². The summed E-state index contributed by atoms with van der Waals surface area (Å²) in [6, 6.07) is 14.9. The van der Waals surface area contributed by atoms with Gasteiger partial charge >= 0.3 is 5.97 Å². The van der Waals surface area contributed by atoms with Crippen molar-refractivity contribution in [3.05, 3.63) is 54.1 Å². The van der Waals surface area contributed by atoms with Crippen molar-refractivity contribution in [1.82, 2.24) is 4.90 Å². The highest BCUT2D eigenvalue weighted by atomic mass is 16.5. The number of piperidine rings is 1. The topological polar surface area (TPSA) is 74.3 Å². The number of nitrogens with zero attached hydrogens (tertiary/aromatic N) is 1. The van der Waals surface area contributed by atoms with E-state index in [1.807, 2.05) is 43.3 Å². The van der Waals surface area contributed by atoms with E-state index in [-0.39, 0.29) is 18.5 Å². The van der Waals surface area contributed by atoms with Crippen molar-refractivity contribution in [2.75, 3.05) is 40.5 Å². The molecule has 172 valence electrons. The zero-order chi connectivity index (χ0) is 23.0. The molecule has 0 radical (unpaired) electrons. The van der Waals surface area contributed by atoms with Crippen LogP contribution in [0.25, 0.3) is 0 Å². The van der Waals surface area contributed by atoms with Crippen LogP contribution in [-0.2, 0) is 20.7 Å². The van der Waals surface area contributed by atoms with Gasteiger partial charge in [-0.15, -0.1) is 0 Å². The number of hydrogen-bond donors (Lipinski definition) is 0. The monoisotopic (exact) mass is 441 g/mol. The van der Waals surface area contributed by atoms with Gasteiger partial charge in [-0.1, -0.05) is 24.3 Å². The van der Waals surface area contributed by atoms with E-state index in [0.717, 1.165) is 11.3 Å². The molecule has 0 bridgehead atoms. The normalized spacial score (nSPS) is 15.0. The van der Waals surface area contributed by atoms with Crippen LogP contribution >= 0.6 is 0 Å². The second-order valence-corrected chi connectivity index (χ2v) is 7.85. The molecule has 1 saturated heterocycles. The highest BCUT2D eigenvalue weighted by Gasteiger charge is 2.43. The minimum Gasteiger partial charge on any atom is -0.497 e. The van der Waals surface area contributed by atoms with Crippen LogP contribution < -0.4 is 14.2 Å². The van der Waals surface area contributed by atoms with Gasteiger partial charge in [0.05, 0.1) is 26.2 Å². The van der Waals surface area contributed by atoms with E-state index in [1.54, 1.807) is 31.3 Å². The molecule has 7 nitrogen and oxygen atoms in total. The molecule has 0 spiro atoms. The summed E-state index contributed by atoms with van der Waals surface area (Å²) < 4.78 is 21.6. The lowest BCUT2D eigenvalue weighted by atomic mass is 9.73. The summed E-state index contributed by atoms with van der Waals surface area (Å²) in [5.41, 5.74) is 0.392. The Morgan fingerprint density at radius 1 is 0.938 bits per heavy atom. The predicted octanol–water partition coefficient (Wildman–Crippen LogP) is 3.50. The summed E-state index contributed by atoms with van der Waals surface area (Å²) in [6.45, 7) is 3.02. The lowest BCUT2D eigenvalue weighted by Crippen LogP contribution is -2.49. The Bertz CT molecular complexity index is 903. The highest BCUT2D eigenvalue weighted by molar-refractivity contribution is 5.80. The molecule has 1 aliphatic heterocycles. The first-order valence-corrected chi connectivity index (χ1v) is 10.8. The SMILES string of the molecule is CCOC(=O)C1(Cc2ccc(OC)cc2)CCN(C(=O)COc2ccccc2OC)CC1. The van der Waals surface area contributed by atoms with Crippen LogP contribution in [0.1, 0.15) is 25.3 Å². The van der Waals surface area contributed by atoms with Gasteiger partial charge in [0.25, 0.3) is 5.91 Å². The van der Waals surface area contributed by atoms with E-state index in [9.17, 15) is 9.59 Å². The fourth-order valence-electron chi connectivity index (χ4n) is 4.02. The van der Waals surface area contributed by atoms with Crippen LogP contribution in [0.5, 0.6) is 17.2 Å². The minimum absolute atomic E-state index is 0.0781. The number of amides is 1. The molecule has 1 heterocycles. The molecular weight excluding hydrogens is 410 g/mol. The maximum Gasteiger partial charge on any atom is 0.312 e. The average Bonchev–Trinajstić information content (AvgIpc) is 2.83. The number of hydrogen-bond acceptors (Lipinski definition) is 6. The van der Waals surface area contributed by atoms with E-state index in [4.69, 9.17) is 18.9 Å². The summed E-state index contributed by atoms with van der Waals surface area (Å²) in [6.07, 6.45) is 1.64. The van der Waals surface area contributed by atoms with Gasteiger partial charge in [-0.3, -0.25) is 9.59 Å². The number of carbonyl (C=O) groups is 2. The van der Waals surface area contributed by atoms with Crippen LogP contribution in [0.3, 0.4) is 0 Å². The maximum absolute atomic E-state index is 12.9. The number of rotatable bonds is 9. The lowest BCUT2D eigenvalue weighted by Gasteiger charge is -2.40. The van der Waals surface area contributed by atoms with Crippen molar-refractivity contribution < 1.29 is 28.5 Å². The Kier molecular flexibility index (Phi) is 7.98. The molecule has 0 aliphatic carbocycles. The molecule has 0 N–H and O–H groups in total. The van der Waals surface area contributed by atoms with Gasteiger partial charge in [0.1, 0.15) is 5.75 Å². The van der Waals surface area contributed by atoms with E-state index in [2.05, 4.69) is 0 Å². The van der Waals surface area contributed by atoms with E-state index in [1.165, 1.54) is 0 Å². The van der Waals surface area contributed by atoms with Crippen LogP contribution in [0.2, 0.25) is 0 Å². The van der Waals surface area contributed by atoms with Crippen LogP contribution in [-0.4, -0.2) is 57.3 Å². The van der Waals surface area contributed by atoms with Crippen molar-refractivity contribution in [2.45, 2.75) is 26.2 Å². The number of ether oxygens (including phenoxy) is 4. The summed E-state index contributed by atoms with van der Waals surface area (Å²) in [5.74, 6) is 1.57. The Balaban J connectivity index is 1.63. The predicted molar refractivity (Wildman–Crippen MR) is 120 cm³/mol. The average molecular weight is 442 g/mol. The zero-order valence-corrected chi connectivity index (χ0v) is 19.0. The summed E-state index contributed by atoms with van der Waals surface area (Å²) >= 11 is 0. The molecule has 0 saturated carbocycles. The fourth-order valence-corrected chi connectivity index (χ4v) is 4.02. The van der Waals surface area contributed by atoms with Crippen LogP contribution in [0, 0.1) is 5.41 Å². The Labute approximate surface area is 189 Å². The Morgan fingerprint density at radius 3 is 2.19 bits per heavy atom. The van der Waals surface area contributed by atoms with E-state index >= 15 is 0 Å². The zero-order valence-electron chi connectivity index (χ0n) is 19.0. The first-order valence-electron chi connectivity index (χ1n) is 10.8. The Hall–Kier alpha value is -3.22. The molecule has 0 aromatic heterocycles.